The van der Waals surface area contributed by atoms with Crippen LogP contribution in [-0.4, -0.2) is 56.6 Å². The quantitative estimate of drug-likeness (QED) is 0.744. The van der Waals surface area contributed by atoms with Crippen LogP contribution in [0.2, 0.25) is 0 Å². The number of aliphatic hydroxyl groups excluding tert-OH is 2. The van der Waals surface area contributed by atoms with Crippen molar-refractivity contribution in [1.82, 2.24) is 14.0 Å². The lowest BCUT2D eigenvalue weighted by Gasteiger charge is -2.42. The van der Waals surface area contributed by atoms with Gasteiger partial charge in [-0.1, -0.05) is 26.0 Å². The zero-order chi connectivity index (χ0) is 21.8. The summed E-state index contributed by atoms with van der Waals surface area (Å²) < 4.78 is 3.57. The fourth-order valence-corrected chi connectivity index (χ4v) is 7.02. The molecular formula is C25H37N3O3. The summed E-state index contributed by atoms with van der Waals surface area (Å²) in [6.45, 7) is 8.05. The molecule has 1 saturated heterocycles. The number of aromatic nitrogens is 2. The highest BCUT2D eigenvalue weighted by Gasteiger charge is 2.52. The molecular weight excluding hydrogens is 390 g/mol. The lowest BCUT2D eigenvalue weighted by Crippen LogP contribution is -2.44. The van der Waals surface area contributed by atoms with Gasteiger partial charge >= 0.3 is 5.69 Å². The molecule has 6 nitrogen and oxygen atoms in total. The molecule has 1 aliphatic heterocycles. The smallest absolute Gasteiger partial charge is 0.329 e. The van der Waals surface area contributed by atoms with Crippen LogP contribution in [-0.2, 0) is 6.54 Å². The van der Waals surface area contributed by atoms with Crippen molar-refractivity contribution < 1.29 is 10.2 Å². The third-order valence-electron chi connectivity index (χ3n) is 8.90. The van der Waals surface area contributed by atoms with Crippen molar-refractivity contribution in [2.75, 3.05) is 26.2 Å². The van der Waals surface area contributed by atoms with Crippen LogP contribution in [0, 0.1) is 23.2 Å². The summed E-state index contributed by atoms with van der Waals surface area (Å²) in [5, 5.41) is 19.2. The van der Waals surface area contributed by atoms with Crippen molar-refractivity contribution in [2.24, 2.45) is 23.2 Å². The maximum absolute atomic E-state index is 13.3. The predicted octanol–water partition coefficient (Wildman–Crippen LogP) is 2.87. The normalized spacial score (nSPS) is 29.7. The lowest BCUT2D eigenvalue weighted by molar-refractivity contribution is 0.0643. The molecule has 3 fully saturated rings. The minimum atomic E-state index is -0.927. The van der Waals surface area contributed by atoms with Gasteiger partial charge in [0, 0.05) is 25.7 Å². The van der Waals surface area contributed by atoms with Gasteiger partial charge in [-0.25, -0.2) is 4.79 Å². The van der Waals surface area contributed by atoms with Gasteiger partial charge in [-0.15, -0.1) is 0 Å². The highest BCUT2D eigenvalue weighted by atomic mass is 16.3. The van der Waals surface area contributed by atoms with Gasteiger partial charge in [-0.2, -0.15) is 0 Å². The largest absolute Gasteiger partial charge is 0.394 e. The van der Waals surface area contributed by atoms with E-state index in [1.807, 2.05) is 28.8 Å². The molecule has 0 radical (unpaired) electrons. The first-order valence-electron chi connectivity index (χ1n) is 12.1. The summed E-state index contributed by atoms with van der Waals surface area (Å²) in [7, 11) is 0. The Hall–Kier alpha value is -1.63. The van der Waals surface area contributed by atoms with Crippen LogP contribution < -0.4 is 5.69 Å². The molecule has 31 heavy (non-hydrogen) atoms. The van der Waals surface area contributed by atoms with E-state index in [9.17, 15) is 15.0 Å². The number of benzene rings is 1. The SMILES string of the molecule is CC1(C)[C@H]2CC[C@@H](C2)[C@H]1CN1CCC(n2c(=O)n(C[C@H](O)CO)c3ccccc32)CC1. The van der Waals surface area contributed by atoms with Gasteiger partial charge in [0.25, 0.3) is 0 Å². The minimum absolute atomic E-state index is 0.0682. The number of hydrogen-bond acceptors (Lipinski definition) is 4. The molecule has 4 atom stereocenters. The maximum Gasteiger partial charge on any atom is 0.329 e. The monoisotopic (exact) mass is 427 g/mol. The van der Waals surface area contributed by atoms with Crippen LogP contribution in [0.3, 0.4) is 0 Å². The summed E-state index contributed by atoms with van der Waals surface area (Å²) in [6, 6.07) is 8.02. The van der Waals surface area contributed by atoms with Crippen LogP contribution >= 0.6 is 0 Å². The Balaban J connectivity index is 1.32. The second kappa shape index (κ2) is 8.05. The molecule has 2 bridgehead atoms. The summed E-state index contributed by atoms with van der Waals surface area (Å²) in [4.78, 5) is 15.9. The van der Waals surface area contributed by atoms with Crippen LogP contribution in [0.25, 0.3) is 11.0 Å². The molecule has 3 aliphatic rings. The molecule has 2 aliphatic carbocycles. The molecule has 6 heteroatoms. The van der Waals surface area contributed by atoms with E-state index < -0.39 is 6.10 Å². The predicted molar refractivity (Wildman–Crippen MR) is 122 cm³/mol. The van der Waals surface area contributed by atoms with Crippen molar-refractivity contribution in [3.63, 3.8) is 0 Å². The number of imidazole rings is 1. The number of rotatable bonds is 6. The van der Waals surface area contributed by atoms with Crippen molar-refractivity contribution >= 4 is 11.0 Å². The third kappa shape index (κ3) is 3.57. The van der Waals surface area contributed by atoms with Crippen molar-refractivity contribution in [1.29, 1.82) is 0 Å². The number of fused-ring (bicyclic) bond motifs is 3. The van der Waals surface area contributed by atoms with E-state index in [4.69, 9.17) is 0 Å². The Morgan fingerprint density at radius 2 is 1.81 bits per heavy atom. The first kappa shape index (κ1) is 21.2. The van der Waals surface area contributed by atoms with E-state index >= 15 is 0 Å². The summed E-state index contributed by atoms with van der Waals surface area (Å²) in [5.41, 5.74) is 2.18. The average Bonchev–Trinajstić information content (AvgIpc) is 3.42. The summed E-state index contributed by atoms with van der Waals surface area (Å²) in [6.07, 6.45) is 5.32. The van der Waals surface area contributed by atoms with E-state index in [2.05, 4.69) is 18.7 Å². The third-order valence-corrected chi connectivity index (χ3v) is 8.90. The molecule has 2 aromatic rings. The topological polar surface area (TPSA) is 70.6 Å². The summed E-state index contributed by atoms with van der Waals surface area (Å²) in [5.74, 6) is 2.64. The second-order valence-corrected chi connectivity index (χ2v) is 10.8. The Kier molecular flexibility index (Phi) is 5.51. The summed E-state index contributed by atoms with van der Waals surface area (Å²) >= 11 is 0. The molecule has 2 heterocycles. The van der Waals surface area contributed by atoms with Gasteiger partial charge in [0.15, 0.2) is 0 Å². The van der Waals surface area contributed by atoms with Crippen molar-refractivity contribution in [2.45, 2.75) is 64.6 Å². The molecule has 5 rings (SSSR count). The highest BCUT2D eigenvalue weighted by molar-refractivity contribution is 5.76. The number of para-hydroxylation sites is 2. The molecule has 1 aromatic carbocycles. The van der Waals surface area contributed by atoms with E-state index in [1.165, 1.54) is 25.8 Å². The van der Waals surface area contributed by atoms with Crippen molar-refractivity contribution in [3.05, 3.63) is 34.7 Å². The molecule has 2 N–H and O–H groups in total. The Morgan fingerprint density at radius 3 is 2.45 bits per heavy atom. The molecule has 1 aromatic heterocycles. The fraction of sp³-hybridized carbons (Fsp3) is 0.720. The van der Waals surface area contributed by atoms with Crippen LogP contribution in [0.1, 0.15) is 52.0 Å². The Morgan fingerprint density at radius 1 is 1.10 bits per heavy atom. The number of likely N-dealkylation sites (tertiary alicyclic amines) is 1. The average molecular weight is 428 g/mol. The molecule has 2 saturated carbocycles. The van der Waals surface area contributed by atoms with E-state index in [1.54, 1.807) is 4.57 Å². The lowest BCUT2D eigenvalue weighted by atomic mass is 9.68. The molecule has 0 amide bonds. The van der Waals surface area contributed by atoms with Crippen LogP contribution in [0.15, 0.2) is 29.1 Å². The highest BCUT2D eigenvalue weighted by Crippen LogP contribution is 2.59. The van der Waals surface area contributed by atoms with Gasteiger partial charge in [-0.05, 0) is 67.4 Å². The van der Waals surface area contributed by atoms with Gasteiger partial charge in [-0.3, -0.25) is 9.13 Å². The zero-order valence-electron chi connectivity index (χ0n) is 18.9. The number of aliphatic hydroxyl groups is 2. The van der Waals surface area contributed by atoms with Gasteiger partial charge < -0.3 is 15.1 Å². The first-order valence-corrected chi connectivity index (χ1v) is 12.1. The Bertz CT molecular complexity index is 986. The van der Waals surface area contributed by atoms with Gasteiger partial charge in [0.1, 0.15) is 0 Å². The first-order chi connectivity index (χ1) is 14.9. The van der Waals surface area contributed by atoms with Crippen LogP contribution in [0.5, 0.6) is 0 Å². The molecule has 170 valence electrons. The molecule has 0 unspecified atom stereocenters. The van der Waals surface area contributed by atoms with Crippen LogP contribution in [0.4, 0.5) is 0 Å². The molecule has 0 spiro atoms. The zero-order valence-corrected chi connectivity index (χ0v) is 18.9. The second-order valence-electron chi connectivity index (χ2n) is 10.8. The standard InChI is InChI=1S/C25H37N3O3/c1-25(2)18-8-7-17(13-18)21(25)15-26-11-9-19(10-12-26)28-23-6-4-3-5-22(23)27(24(28)31)14-20(30)16-29/h3-6,17-21,29-30H,7-16H2,1-2H3/t17-,18-,20-,21+/m0/s1. The van der Waals surface area contributed by atoms with E-state index in [-0.39, 0.29) is 24.9 Å². The Labute approximate surface area is 184 Å². The maximum atomic E-state index is 13.3. The minimum Gasteiger partial charge on any atom is -0.394 e. The van der Waals surface area contributed by atoms with E-state index in [0.717, 1.165) is 54.7 Å². The number of piperidine rings is 1. The van der Waals surface area contributed by atoms with Crippen molar-refractivity contribution in [3.8, 4) is 0 Å². The number of hydrogen-bond donors (Lipinski definition) is 2. The van der Waals surface area contributed by atoms with Gasteiger partial charge in [0.2, 0.25) is 0 Å². The van der Waals surface area contributed by atoms with Gasteiger partial charge in [0.05, 0.1) is 30.3 Å². The number of nitrogens with zero attached hydrogens (tertiary/aromatic N) is 3. The van der Waals surface area contributed by atoms with E-state index in [0.29, 0.717) is 5.41 Å². The fourth-order valence-electron chi connectivity index (χ4n) is 7.02.